The summed E-state index contributed by atoms with van der Waals surface area (Å²) in [5.74, 6) is 0.507. The highest BCUT2D eigenvalue weighted by atomic mass is 19.1. The smallest absolute Gasteiger partial charge is 0.407 e. The minimum absolute atomic E-state index is 0.157. The van der Waals surface area contributed by atoms with E-state index >= 15 is 4.39 Å². The quantitative estimate of drug-likeness (QED) is 0.643. The summed E-state index contributed by atoms with van der Waals surface area (Å²) < 4.78 is 17.8. The highest BCUT2D eigenvalue weighted by Crippen LogP contribution is 2.49. The van der Waals surface area contributed by atoms with E-state index in [2.05, 4.69) is 20.4 Å². The summed E-state index contributed by atoms with van der Waals surface area (Å²) in [4.78, 5) is 32.9. The molecule has 0 saturated carbocycles. The molecule has 9 nitrogen and oxygen atoms in total. The Kier molecular flexibility index (Phi) is 4.91. The predicted molar refractivity (Wildman–Crippen MR) is 116 cm³/mol. The number of halogens is 1. The van der Waals surface area contributed by atoms with E-state index in [-0.39, 0.29) is 18.1 Å². The Morgan fingerprint density at radius 3 is 2.66 bits per heavy atom. The molecule has 2 amide bonds. The fourth-order valence-corrected chi connectivity index (χ4v) is 4.47. The van der Waals surface area contributed by atoms with Crippen LogP contribution in [-0.2, 0) is 10.5 Å². The number of aromatic nitrogens is 4. The first-order valence-corrected chi connectivity index (χ1v) is 10.2. The first kappa shape index (κ1) is 21.7. The minimum atomic E-state index is -1.92. The number of amides is 2. The number of carboxylic acid groups (broad SMARTS) is 1. The molecule has 1 fully saturated rings. The standard InChI is InChI=1S/C22H25FN6O3/c1-12-14-10-24-17(25-13(2)30)9-15(14)29(27-12)18-8-6-7-16(26-18)22(23)11-28(20(31)32)19(22)21(3,4)5/h6-10,19H,11H2,1-5H3,(H,31,32)(H,24,25,30). The molecule has 1 aliphatic rings. The van der Waals surface area contributed by atoms with Crippen LogP contribution < -0.4 is 5.32 Å². The molecule has 1 saturated heterocycles. The average Bonchev–Trinajstić information content (AvgIpc) is 3.00. The Morgan fingerprint density at radius 1 is 1.31 bits per heavy atom. The molecule has 0 radical (unpaired) electrons. The minimum Gasteiger partial charge on any atom is -0.465 e. The fraction of sp³-hybridized carbons (Fsp3) is 0.409. The lowest BCUT2D eigenvalue weighted by Gasteiger charge is -2.56. The van der Waals surface area contributed by atoms with Crippen LogP contribution in [0.15, 0.2) is 30.5 Å². The first-order chi connectivity index (χ1) is 14.9. The topological polar surface area (TPSA) is 113 Å². The molecule has 4 rings (SSSR count). The number of nitrogens with zero attached hydrogens (tertiary/aromatic N) is 5. The maximum Gasteiger partial charge on any atom is 0.407 e. The van der Waals surface area contributed by atoms with Crippen molar-refractivity contribution in [3.63, 3.8) is 0 Å². The van der Waals surface area contributed by atoms with Crippen molar-refractivity contribution in [3.05, 3.63) is 41.9 Å². The molecule has 168 valence electrons. The number of hydrogen-bond acceptors (Lipinski definition) is 5. The van der Waals surface area contributed by atoms with Crippen molar-refractivity contribution in [3.8, 4) is 5.82 Å². The third-order valence-corrected chi connectivity index (χ3v) is 5.64. The molecule has 32 heavy (non-hydrogen) atoms. The van der Waals surface area contributed by atoms with E-state index in [4.69, 9.17) is 0 Å². The Bertz CT molecular complexity index is 1230. The monoisotopic (exact) mass is 440 g/mol. The van der Waals surface area contributed by atoms with Gasteiger partial charge in [0.1, 0.15) is 5.82 Å². The van der Waals surface area contributed by atoms with Gasteiger partial charge in [0, 0.05) is 24.6 Å². The summed E-state index contributed by atoms with van der Waals surface area (Å²) in [7, 11) is 0. The second-order valence-corrected chi connectivity index (χ2v) is 9.19. The molecule has 0 spiro atoms. The van der Waals surface area contributed by atoms with E-state index in [1.54, 1.807) is 35.1 Å². The molecule has 0 aromatic carbocycles. The first-order valence-electron chi connectivity index (χ1n) is 10.2. The largest absolute Gasteiger partial charge is 0.465 e. The average molecular weight is 440 g/mol. The van der Waals surface area contributed by atoms with Crippen LogP contribution in [0.1, 0.15) is 39.1 Å². The molecule has 0 aliphatic carbocycles. The molecular weight excluding hydrogens is 415 g/mol. The lowest BCUT2D eigenvalue weighted by atomic mass is 9.69. The van der Waals surface area contributed by atoms with E-state index in [1.807, 2.05) is 27.7 Å². The van der Waals surface area contributed by atoms with Gasteiger partial charge >= 0.3 is 6.09 Å². The second-order valence-electron chi connectivity index (χ2n) is 9.19. The van der Waals surface area contributed by atoms with Crippen molar-refractivity contribution in [2.45, 2.75) is 46.3 Å². The molecule has 3 aromatic heterocycles. The van der Waals surface area contributed by atoms with Gasteiger partial charge in [-0.15, -0.1) is 0 Å². The van der Waals surface area contributed by atoms with Gasteiger partial charge in [0.2, 0.25) is 5.91 Å². The van der Waals surface area contributed by atoms with Crippen LogP contribution in [0.5, 0.6) is 0 Å². The maximum atomic E-state index is 16.2. The van der Waals surface area contributed by atoms with Gasteiger partial charge in [0.25, 0.3) is 0 Å². The molecule has 0 bridgehead atoms. The van der Waals surface area contributed by atoms with Gasteiger partial charge in [0.05, 0.1) is 29.5 Å². The van der Waals surface area contributed by atoms with Crippen LogP contribution >= 0.6 is 0 Å². The molecular formula is C22H25FN6O3. The van der Waals surface area contributed by atoms with Gasteiger partial charge in [-0.2, -0.15) is 5.10 Å². The lowest BCUT2D eigenvalue weighted by molar-refractivity contribution is -0.132. The van der Waals surface area contributed by atoms with Crippen molar-refractivity contribution in [1.82, 2.24) is 24.6 Å². The van der Waals surface area contributed by atoms with Crippen LogP contribution in [0, 0.1) is 12.3 Å². The number of fused-ring (bicyclic) bond motifs is 1. The summed E-state index contributed by atoms with van der Waals surface area (Å²) >= 11 is 0. The Balaban J connectivity index is 1.79. The summed E-state index contributed by atoms with van der Waals surface area (Å²) in [6.07, 6.45) is 0.465. The lowest BCUT2D eigenvalue weighted by Crippen LogP contribution is -2.71. The summed E-state index contributed by atoms with van der Waals surface area (Å²) in [5, 5.41) is 17.4. The Hall–Kier alpha value is -3.56. The number of rotatable bonds is 3. The van der Waals surface area contributed by atoms with E-state index in [0.29, 0.717) is 22.8 Å². The van der Waals surface area contributed by atoms with Gasteiger partial charge < -0.3 is 10.4 Å². The number of hydrogen-bond donors (Lipinski definition) is 2. The van der Waals surface area contributed by atoms with Crippen LogP contribution in [0.2, 0.25) is 0 Å². The molecule has 10 heteroatoms. The normalized spacial score (nSPS) is 20.8. The zero-order valence-corrected chi connectivity index (χ0v) is 18.5. The van der Waals surface area contributed by atoms with Crippen LogP contribution in [-0.4, -0.2) is 54.3 Å². The van der Waals surface area contributed by atoms with Gasteiger partial charge in [0.15, 0.2) is 11.5 Å². The fourth-order valence-electron chi connectivity index (χ4n) is 4.47. The number of aryl methyl sites for hydroxylation is 1. The van der Waals surface area contributed by atoms with Crippen molar-refractivity contribution in [2.75, 3.05) is 11.9 Å². The molecule has 2 N–H and O–H groups in total. The van der Waals surface area contributed by atoms with Gasteiger partial charge in [-0.3, -0.25) is 9.69 Å². The van der Waals surface area contributed by atoms with E-state index in [0.717, 1.165) is 10.3 Å². The number of pyridine rings is 2. The molecule has 2 unspecified atom stereocenters. The molecule has 2 atom stereocenters. The summed E-state index contributed by atoms with van der Waals surface area (Å²) in [6, 6.07) is 5.77. The summed E-state index contributed by atoms with van der Waals surface area (Å²) in [6.45, 7) is 8.37. The van der Waals surface area contributed by atoms with Crippen LogP contribution in [0.25, 0.3) is 16.7 Å². The van der Waals surface area contributed by atoms with Gasteiger partial charge in [-0.1, -0.05) is 26.8 Å². The number of alkyl halides is 1. The van der Waals surface area contributed by atoms with E-state index in [9.17, 15) is 14.7 Å². The number of anilines is 1. The van der Waals surface area contributed by atoms with Gasteiger partial charge in [-0.05, 0) is 24.5 Å². The van der Waals surface area contributed by atoms with Crippen molar-refractivity contribution < 1.29 is 19.1 Å². The highest BCUT2D eigenvalue weighted by molar-refractivity contribution is 5.91. The molecule has 3 aromatic rings. The van der Waals surface area contributed by atoms with Crippen molar-refractivity contribution in [2.24, 2.45) is 5.41 Å². The highest BCUT2D eigenvalue weighted by Gasteiger charge is 2.62. The second kappa shape index (κ2) is 7.25. The Labute approximate surface area is 184 Å². The van der Waals surface area contributed by atoms with Crippen molar-refractivity contribution >= 4 is 28.7 Å². The number of likely N-dealkylation sites (tertiary alicyclic amines) is 1. The third kappa shape index (κ3) is 3.45. The zero-order chi connectivity index (χ0) is 23.4. The molecule has 4 heterocycles. The zero-order valence-electron chi connectivity index (χ0n) is 18.5. The Morgan fingerprint density at radius 2 is 2.03 bits per heavy atom. The van der Waals surface area contributed by atoms with Crippen LogP contribution in [0.3, 0.4) is 0 Å². The van der Waals surface area contributed by atoms with Gasteiger partial charge in [-0.25, -0.2) is 23.8 Å². The third-order valence-electron chi connectivity index (χ3n) is 5.64. The van der Waals surface area contributed by atoms with Crippen LogP contribution in [0.4, 0.5) is 15.0 Å². The number of carbonyl (C=O) groups excluding carboxylic acids is 1. The van der Waals surface area contributed by atoms with Crippen molar-refractivity contribution in [1.29, 1.82) is 0 Å². The number of carbonyl (C=O) groups is 2. The molecule has 1 aliphatic heterocycles. The van der Waals surface area contributed by atoms with E-state index in [1.165, 1.54) is 6.92 Å². The summed E-state index contributed by atoms with van der Waals surface area (Å²) in [5.41, 5.74) is -1.03. The predicted octanol–water partition coefficient (Wildman–Crippen LogP) is 3.66. The maximum absolute atomic E-state index is 16.2. The SMILES string of the molecule is CC(=O)Nc1cc2c(cn1)c(C)nn2-c1cccc(C2(F)CN(C(=O)O)C2C(C)(C)C)n1. The van der Waals surface area contributed by atoms with E-state index < -0.39 is 23.2 Å². The number of nitrogens with one attached hydrogen (secondary N) is 1.